The maximum Gasteiger partial charge on any atom is 0.232 e. The summed E-state index contributed by atoms with van der Waals surface area (Å²) in [6.07, 6.45) is 8.00. The molecular formula is C29H41ClN6OS. The van der Waals surface area contributed by atoms with Crippen LogP contribution in [0.3, 0.4) is 0 Å². The highest BCUT2D eigenvalue weighted by atomic mass is 35.5. The Kier molecular flexibility index (Phi) is 8.91. The van der Waals surface area contributed by atoms with Crippen LogP contribution in [0.5, 0.6) is 0 Å². The minimum Gasteiger partial charge on any atom is -0.381 e. The molecule has 0 amide bonds. The summed E-state index contributed by atoms with van der Waals surface area (Å²) in [6.45, 7) is 9.90. The Labute approximate surface area is 237 Å². The molecule has 1 aromatic carbocycles. The molecule has 3 fully saturated rings. The number of piperidine rings is 2. The molecule has 9 heteroatoms. The number of halogens is 1. The van der Waals surface area contributed by atoms with Gasteiger partial charge in [-0.1, -0.05) is 30.7 Å². The average molecular weight is 557 g/mol. The number of ether oxygens (including phenoxy) is 1. The van der Waals surface area contributed by atoms with Crippen LogP contribution < -0.4 is 20.4 Å². The summed E-state index contributed by atoms with van der Waals surface area (Å²) in [4.78, 5) is 14.7. The van der Waals surface area contributed by atoms with Crippen molar-refractivity contribution >= 4 is 46.5 Å². The van der Waals surface area contributed by atoms with Gasteiger partial charge in [0.15, 0.2) is 5.11 Å². The summed E-state index contributed by atoms with van der Waals surface area (Å²) in [6, 6.07) is 10.8. The second-order valence-electron chi connectivity index (χ2n) is 11.3. The summed E-state index contributed by atoms with van der Waals surface area (Å²) >= 11 is 12.0. The van der Waals surface area contributed by atoms with E-state index in [1.807, 2.05) is 12.1 Å². The van der Waals surface area contributed by atoms with Crippen molar-refractivity contribution < 1.29 is 4.74 Å². The number of hydrogen-bond acceptors (Lipinski definition) is 6. The third-order valence-corrected chi connectivity index (χ3v) is 8.99. The molecular weight excluding hydrogens is 516 g/mol. The van der Waals surface area contributed by atoms with Crippen LogP contribution in [0.25, 0.3) is 0 Å². The van der Waals surface area contributed by atoms with Gasteiger partial charge in [0.05, 0.1) is 0 Å². The van der Waals surface area contributed by atoms with Crippen molar-refractivity contribution in [1.82, 2.24) is 15.3 Å². The van der Waals surface area contributed by atoms with E-state index >= 15 is 0 Å². The smallest absolute Gasteiger partial charge is 0.232 e. The maximum absolute atomic E-state index is 6.18. The monoisotopic (exact) mass is 556 g/mol. The molecule has 0 radical (unpaired) electrons. The normalized spacial score (nSPS) is 23.7. The van der Waals surface area contributed by atoms with E-state index in [0.29, 0.717) is 29.6 Å². The van der Waals surface area contributed by atoms with Crippen molar-refractivity contribution in [3.63, 3.8) is 0 Å². The molecule has 0 saturated carbocycles. The van der Waals surface area contributed by atoms with E-state index in [4.69, 9.17) is 38.5 Å². The lowest BCUT2D eigenvalue weighted by molar-refractivity contribution is 0.0515. The molecule has 0 bridgehead atoms. The van der Waals surface area contributed by atoms with Gasteiger partial charge in [-0.25, -0.2) is 0 Å². The molecule has 3 aliphatic heterocycles. The molecule has 0 unspecified atom stereocenters. The Balaban J connectivity index is 1.34. The van der Waals surface area contributed by atoms with Gasteiger partial charge in [-0.3, -0.25) is 0 Å². The Morgan fingerprint density at radius 2 is 1.82 bits per heavy atom. The number of nitrogens with one attached hydrogen (secondary N) is 2. The molecule has 7 nitrogen and oxygen atoms in total. The molecule has 206 valence electrons. The summed E-state index contributed by atoms with van der Waals surface area (Å²) in [5.74, 6) is 3.22. The lowest BCUT2D eigenvalue weighted by Crippen LogP contribution is -2.45. The van der Waals surface area contributed by atoms with E-state index in [1.165, 1.54) is 37.7 Å². The molecule has 4 heterocycles. The second kappa shape index (κ2) is 12.3. The summed E-state index contributed by atoms with van der Waals surface area (Å²) in [5.41, 5.74) is 1.20. The van der Waals surface area contributed by atoms with Gasteiger partial charge in [0.1, 0.15) is 11.6 Å². The first-order valence-electron chi connectivity index (χ1n) is 14.2. The Morgan fingerprint density at radius 1 is 1.05 bits per heavy atom. The van der Waals surface area contributed by atoms with Crippen LogP contribution in [-0.4, -0.2) is 60.5 Å². The van der Waals surface area contributed by atoms with Crippen LogP contribution in [0.4, 0.5) is 17.6 Å². The van der Waals surface area contributed by atoms with Gasteiger partial charge in [0.25, 0.3) is 0 Å². The lowest BCUT2D eigenvalue weighted by Gasteiger charge is -2.38. The molecule has 1 aromatic heterocycles. The van der Waals surface area contributed by atoms with E-state index in [-0.39, 0.29) is 5.41 Å². The fraction of sp³-hybridized carbons (Fsp3) is 0.621. The maximum atomic E-state index is 6.18. The van der Waals surface area contributed by atoms with E-state index in [2.05, 4.69) is 52.5 Å². The number of thiocarbonyl (C=S) groups is 1. The molecule has 3 aliphatic rings. The van der Waals surface area contributed by atoms with Crippen molar-refractivity contribution in [2.75, 3.05) is 54.5 Å². The third kappa shape index (κ3) is 6.52. The van der Waals surface area contributed by atoms with Crippen molar-refractivity contribution in [2.24, 2.45) is 5.92 Å². The number of hydrogen-bond donors (Lipinski definition) is 2. The summed E-state index contributed by atoms with van der Waals surface area (Å²) in [5, 5.41) is 8.13. The Morgan fingerprint density at radius 3 is 2.55 bits per heavy atom. The number of rotatable bonds is 6. The highest BCUT2D eigenvalue weighted by Crippen LogP contribution is 2.35. The number of anilines is 3. The molecule has 0 aliphatic carbocycles. The van der Waals surface area contributed by atoms with Crippen LogP contribution in [-0.2, 0) is 10.2 Å². The Bertz CT molecular complexity index is 1090. The zero-order valence-corrected chi connectivity index (χ0v) is 24.3. The zero-order chi connectivity index (χ0) is 26.5. The van der Waals surface area contributed by atoms with Crippen LogP contribution in [0, 0.1) is 5.92 Å². The third-order valence-electron chi connectivity index (χ3n) is 8.50. The fourth-order valence-electron chi connectivity index (χ4n) is 6.15. The van der Waals surface area contributed by atoms with Crippen molar-refractivity contribution in [1.29, 1.82) is 0 Å². The quantitative estimate of drug-likeness (QED) is 0.434. The van der Waals surface area contributed by atoms with Crippen molar-refractivity contribution in [2.45, 2.75) is 70.3 Å². The number of benzene rings is 1. The summed E-state index contributed by atoms with van der Waals surface area (Å²) < 4.78 is 5.70. The Hall–Kier alpha value is -2.16. The van der Waals surface area contributed by atoms with Crippen LogP contribution in [0.2, 0.25) is 5.02 Å². The molecule has 0 spiro atoms. The fourth-order valence-corrected chi connectivity index (χ4v) is 6.44. The largest absolute Gasteiger partial charge is 0.381 e. The van der Waals surface area contributed by atoms with Gasteiger partial charge in [-0.2, -0.15) is 9.97 Å². The predicted octanol–water partition coefficient (Wildman–Crippen LogP) is 5.78. The van der Waals surface area contributed by atoms with Crippen LogP contribution >= 0.6 is 23.8 Å². The molecule has 5 rings (SSSR count). The van der Waals surface area contributed by atoms with E-state index in [1.54, 1.807) is 0 Å². The van der Waals surface area contributed by atoms with Crippen molar-refractivity contribution in [3.05, 3.63) is 40.9 Å². The zero-order valence-electron chi connectivity index (χ0n) is 22.7. The average Bonchev–Trinajstić information content (AvgIpc) is 2.93. The minimum absolute atomic E-state index is 0.0599. The molecule has 38 heavy (non-hydrogen) atoms. The SMILES string of the molecule is C[C@@H]1CCCN(c2cc(N3CCCC[C@@H]3C)nc(NC(=S)NCC3(c4ccc(Cl)cc4)CCOCC3)n2)C1. The van der Waals surface area contributed by atoms with Gasteiger partial charge in [-0.15, -0.1) is 0 Å². The lowest BCUT2D eigenvalue weighted by atomic mass is 9.74. The predicted molar refractivity (Wildman–Crippen MR) is 161 cm³/mol. The summed E-state index contributed by atoms with van der Waals surface area (Å²) in [7, 11) is 0. The van der Waals surface area contributed by atoms with Crippen LogP contribution in [0.15, 0.2) is 30.3 Å². The first-order chi connectivity index (χ1) is 18.4. The highest BCUT2D eigenvalue weighted by Gasteiger charge is 2.34. The van der Waals surface area contributed by atoms with Gasteiger partial charge in [-0.05, 0) is 87.7 Å². The molecule has 2 N–H and O–H groups in total. The first kappa shape index (κ1) is 27.4. The van der Waals surface area contributed by atoms with E-state index in [0.717, 1.165) is 62.3 Å². The van der Waals surface area contributed by atoms with Gasteiger partial charge in [0, 0.05) is 61.9 Å². The molecule has 2 atom stereocenters. The minimum atomic E-state index is -0.0599. The molecule has 2 aromatic rings. The van der Waals surface area contributed by atoms with E-state index in [9.17, 15) is 0 Å². The highest BCUT2D eigenvalue weighted by molar-refractivity contribution is 7.80. The van der Waals surface area contributed by atoms with Gasteiger partial charge >= 0.3 is 0 Å². The number of aromatic nitrogens is 2. The van der Waals surface area contributed by atoms with Gasteiger partial charge in [0.2, 0.25) is 5.95 Å². The number of nitrogens with zero attached hydrogens (tertiary/aromatic N) is 4. The molecule has 3 saturated heterocycles. The van der Waals surface area contributed by atoms with Crippen molar-refractivity contribution in [3.8, 4) is 0 Å². The second-order valence-corrected chi connectivity index (χ2v) is 12.2. The van der Waals surface area contributed by atoms with Gasteiger partial charge < -0.3 is 25.2 Å². The first-order valence-corrected chi connectivity index (χ1v) is 15.0. The van der Waals surface area contributed by atoms with Crippen LogP contribution in [0.1, 0.15) is 64.4 Å². The standard InChI is InChI=1S/C29H41ClN6OS/c1-21-6-5-14-35(19-21)25-18-26(36-15-4-3-7-22(36)2)33-27(32-25)34-28(38)31-20-29(12-16-37-17-13-29)23-8-10-24(30)11-9-23/h8-11,18,21-22H,3-7,12-17,19-20H2,1-2H3,(H2,31,32,33,34,38)/t21-,22+/m1/s1. The topological polar surface area (TPSA) is 65.5 Å². The van der Waals surface area contributed by atoms with E-state index < -0.39 is 0 Å².